The van der Waals surface area contributed by atoms with E-state index in [-0.39, 0.29) is 6.61 Å². The molecule has 96 valence electrons. The van der Waals surface area contributed by atoms with Crippen molar-refractivity contribution in [2.24, 2.45) is 0 Å². The van der Waals surface area contributed by atoms with Crippen LogP contribution < -0.4 is 0 Å². The average Bonchev–Trinajstić information content (AvgIpc) is 2.84. The van der Waals surface area contributed by atoms with E-state index in [9.17, 15) is 5.11 Å². The monoisotopic (exact) mass is 316 g/mol. The van der Waals surface area contributed by atoms with Crippen molar-refractivity contribution < 1.29 is 5.11 Å². The Labute approximate surface area is 119 Å². The number of fused-ring (bicyclic) bond motifs is 1. The smallest absolute Gasteiger partial charge is 0.0961 e. The highest BCUT2D eigenvalue weighted by Crippen LogP contribution is 2.19. The van der Waals surface area contributed by atoms with Gasteiger partial charge in [0.1, 0.15) is 0 Å². The third kappa shape index (κ3) is 2.41. The molecule has 0 amide bonds. The van der Waals surface area contributed by atoms with Gasteiger partial charge in [-0.3, -0.25) is 0 Å². The van der Waals surface area contributed by atoms with E-state index in [1.54, 1.807) is 0 Å². The predicted molar refractivity (Wildman–Crippen MR) is 78.9 cm³/mol. The van der Waals surface area contributed by atoms with Crippen LogP contribution in [0.4, 0.5) is 0 Å². The third-order valence-corrected chi connectivity index (χ3v) is 3.70. The van der Waals surface area contributed by atoms with Gasteiger partial charge in [-0.05, 0) is 23.8 Å². The van der Waals surface area contributed by atoms with Crippen LogP contribution in [-0.2, 0) is 13.2 Å². The number of aliphatic hydroxyl groups is 1. The predicted octanol–water partition coefficient (Wildman–Crippen LogP) is 3.34. The summed E-state index contributed by atoms with van der Waals surface area (Å²) in [6.07, 6.45) is 1.83. The molecular weight excluding hydrogens is 304 g/mol. The minimum Gasteiger partial charge on any atom is -0.392 e. The lowest BCUT2D eigenvalue weighted by molar-refractivity contribution is 0.283. The molecule has 1 N–H and O–H groups in total. The fourth-order valence-corrected chi connectivity index (χ4v) is 2.45. The van der Waals surface area contributed by atoms with Crippen molar-refractivity contribution >= 4 is 27.0 Å². The average molecular weight is 317 g/mol. The Morgan fingerprint density at radius 3 is 2.63 bits per heavy atom. The molecule has 0 aliphatic heterocycles. The number of para-hydroxylation sites is 1. The van der Waals surface area contributed by atoms with E-state index in [0.29, 0.717) is 0 Å². The van der Waals surface area contributed by atoms with Crippen LogP contribution in [0.3, 0.4) is 0 Å². The lowest BCUT2D eigenvalue weighted by atomic mass is 10.2. The van der Waals surface area contributed by atoms with Crippen molar-refractivity contribution in [3.63, 3.8) is 0 Å². The van der Waals surface area contributed by atoms with Gasteiger partial charge in [-0.15, -0.1) is 0 Å². The minimum absolute atomic E-state index is 0.0205. The standard InChI is InChI=1S/C15H13BrN2O/c16-13-6-4-11(5-7-13)8-18-10-17-15-12(9-19)2-1-3-14(15)18/h1-7,10,19H,8-9H2. The van der Waals surface area contributed by atoms with Crippen molar-refractivity contribution in [3.8, 4) is 0 Å². The van der Waals surface area contributed by atoms with Gasteiger partial charge in [-0.2, -0.15) is 0 Å². The Balaban J connectivity index is 1.99. The largest absolute Gasteiger partial charge is 0.392 e. The molecule has 19 heavy (non-hydrogen) atoms. The maximum atomic E-state index is 9.31. The zero-order valence-corrected chi connectivity index (χ0v) is 11.8. The molecule has 0 aliphatic rings. The summed E-state index contributed by atoms with van der Waals surface area (Å²) in [7, 11) is 0. The van der Waals surface area contributed by atoms with Gasteiger partial charge < -0.3 is 9.67 Å². The Bertz CT molecular complexity index is 704. The van der Waals surface area contributed by atoms with Gasteiger partial charge in [0.15, 0.2) is 0 Å². The summed E-state index contributed by atoms with van der Waals surface area (Å²) in [5.41, 5.74) is 4.01. The Kier molecular flexibility index (Phi) is 3.36. The Morgan fingerprint density at radius 2 is 1.89 bits per heavy atom. The lowest BCUT2D eigenvalue weighted by Crippen LogP contribution is -1.97. The molecule has 0 radical (unpaired) electrons. The first kappa shape index (κ1) is 12.4. The van der Waals surface area contributed by atoms with E-state index in [1.807, 2.05) is 36.7 Å². The Morgan fingerprint density at radius 1 is 1.11 bits per heavy atom. The van der Waals surface area contributed by atoms with Gasteiger partial charge >= 0.3 is 0 Å². The highest BCUT2D eigenvalue weighted by atomic mass is 79.9. The zero-order chi connectivity index (χ0) is 13.2. The number of rotatable bonds is 3. The molecule has 4 heteroatoms. The van der Waals surface area contributed by atoms with Crippen LogP contribution in [0.5, 0.6) is 0 Å². The van der Waals surface area contributed by atoms with Crippen molar-refractivity contribution in [2.45, 2.75) is 13.2 Å². The second-order valence-corrected chi connectivity index (χ2v) is 5.36. The lowest BCUT2D eigenvalue weighted by Gasteiger charge is -2.05. The number of hydrogen-bond donors (Lipinski definition) is 1. The summed E-state index contributed by atoms with van der Waals surface area (Å²) in [6.45, 7) is 0.797. The molecule has 0 fully saturated rings. The molecule has 1 aromatic heterocycles. The topological polar surface area (TPSA) is 38.1 Å². The van der Waals surface area contributed by atoms with E-state index < -0.39 is 0 Å². The maximum Gasteiger partial charge on any atom is 0.0961 e. The molecule has 0 bridgehead atoms. The van der Waals surface area contributed by atoms with E-state index in [1.165, 1.54) is 5.56 Å². The molecule has 0 spiro atoms. The highest BCUT2D eigenvalue weighted by Gasteiger charge is 2.06. The maximum absolute atomic E-state index is 9.31. The fraction of sp³-hybridized carbons (Fsp3) is 0.133. The van der Waals surface area contributed by atoms with Crippen molar-refractivity contribution in [1.29, 1.82) is 0 Å². The molecule has 1 heterocycles. The molecule has 0 atom stereocenters. The number of aromatic nitrogens is 2. The molecule has 0 aliphatic carbocycles. The van der Waals surface area contributed by atoms with Crippen LogP contribution in [0.25, 0.3) is 11.0 Å². The molecule has 3 rings (SSSR count). The molecule has 3 nitrogen and oxygen atoms in total. The number of aliphatic hydroxyl groups excluding tert-OH is 1. The SMILES string of the molecule is OCc1cccc2c1ncn2Cc1ccc(Br)cc1. The fourth-order valence-electron chi connectivity index (χ4n) is 2.19. The molecule has 0 saturated heterocycles. The van der Waals surface area contributed by atoms with Gasteiger partial charge in [-0.1, -0.05) is 40.2 Å². The van der Waals surface area contributed by atoms with E-state index in [0.717, 1.165) is 27.6 Å². The first-order chi connectivity index (χ1) is 9.28. The van der Waals surface area contributed by atoms with E-state index >= 15 is 0 Å². The Hall–Kier alpha value is -1.65. The van der Waals surface area contributed by atoms with Crippen molar-refractivity contribution in [1.82, 2.24) is 9.55 Å². The summed E-state index contributed by atoms with van der Waals surface area (Å²) in [4.78, 5) is 4.40. The quantitative estimate of drug-likeness (QED) is 0.804. The molecule has 0 unspecified atom stereocenters. The summed E-state index contributed by atoms with van der Waals surface area (Å²) < 4.78 is 3.17. The van der Waals surface area contributed by atoms with Crippen LogP contribution >= 0.6 is 15.9 Å². The molecule has 2 aromatic carbocycles. The van der Waals surface area contributed by atoms with Crippen LogP contribution in [0, 0.1) is 0 Å². The first-order valence-corrected chi connectivity index (χ1v) is 6.85. The molecular formula is C15H13BrN2O. The summed E-state index contributed by atoms with van der Waals surface area (Å²) in [6, 6.07) is 14.1. The number of hydrogen-bond acceptors (Lipinski definition) is 2. The van der Waals surface area contributed by atoms with Gasteiger partial charge in [0, 0.05) is 16.6 Å². The normalized spacial score (nSPS) is 11.1. The number of benzene rings is 2. The second-order valence-electron chi connectivity index (χ2n) is 4.44. The van der Waals surface area contributed by atoms with E-state index in [2.05, 4.69) is 37.6 Å². The van der Waals surface area contributed by atoms with Crippen molar-refractivity contribution in [2.75, 3.05) is 0 Å². The second kappa shape index (κ2) is 5.15. The van der Waals surface area contributed by atoms with Crippen LogP contribution in [0.15, 0.2) is 53.3 Å². The number of halogens is 1. The van der Waals surface area contributed by atoms with Gasteiger partial charge in [0.25, 0.3) is 0 Å². The number of nitrogens with zero attached hydrogens (tertiary/aromatic N) is 2. The summed E-state index contributed by atoms with van der Waals surface area (Å²) in [5, 5.41) is 9.31. The third-order valence-electron chi connectivity index (χ3n) is 3.17. The zero-order valence-electron chi connectivity index (χ0n) is 10.3. The van der Waals surface area contributed by atoms with Crippen LogP contribution in [0.2, 0.25) is 0 Å². The van der Waals surface area contributed by atoms with Crippen molar-refractivity contribution in [3.05, 3.63) is 64.4 Å². The van der Waals surface area contributed by atoms with Gasteiger partial charge in [0.2, 0.25) is 0 Å². The van der Waals surface area contributed by atoms with Gasteiger partial charge in [-0.25, -0.2) is 4.98 Å². The van der Waals surface area contributed by atoms with Crippen LogP contribution in [-0.4, -0.2) is 14.7 Å². The van der Waals surface area contributed by atoms with E-state index in [4.69, 9.17) is 0 Å². The summed E-state index contributed by atoms with van der Waals surface area (Å²) in [5.74, 6) is 0. The highest BCUT2D eigenvalue weighted by molar-refractivity contribution is 9.10. The minimum atomic E-state index is 0.0205. The van der Waals surface area contributed by atoms with Crippen LogP contribution in [0.1, 0.15) is 11.1 Å². The molecule has 3 aromatic rings. The summed E-state index contributed by atoms with van der Waals surface area (Å²) >= 11 is 3.44. The molecule has 0 saturated carbocycles. The first-order valence-electron chi connectivity index (χ1n) is 6.06. The number of imidazole rings is 1. The van der Waals surface area contributed by atoms with Gasteiger partial charge in [0.05, 0.1) is 24.0 Å².